The largest absolute Gasteiger partial charge is 0.493 e. The first kappa shape index (κ1) is 19.9. The Bertz CT molecular complexity index is 872. The maximum atomic E-state index is 12.3. The van der Waals surface area contributed by atoms with Crippen LogP contribution in [0.25, 0.3) is 0 Å². The molecule has 10 nitrogen and oxygen atoms in total. The van der Waals surface area contributed by atoms with Gasteiger partial charge in [-0.2, -0.15) is 0 Å². The van der Waals surface area contributed by atoms with Crippen LogP contribution in [0.4, 0.5) is 5.13 Å². The summed E-state index contributed by atoms with van der Waals surface area (Å²) in [5, 5.41) is 9.68. The lowest BCUT2D eigenvalue weighted by Crippen LogP contribution is -2.23. The minimum atomic E-state index is -3.90. The number of methoxy groups -OCH3 is 3. The summed E-state index contributed by atoms with van der Waals surface area (Å²) in [5.74, 6) is 0.857. The molecule has 0 radical (unpaired) electrons. The molecule has 0 saturated heterocycles. The van der Waals surface area contributed by atoms with E-state index in [1.54, 1.807) is 12.1 Å². The Hall–Kier alpha value is -2.44. The molecular formula is C14H18N4O6S2. The summed E-state index contributed by atoms with van der Waals surface area (Å²) >= 11 is 0.751. The van der Waals surface area contributed by atoms with Crippen LogP contribution in [0.15, 0.2) is 16.5 Å². The van der Waals surface area contributed by atoms with Gasteiger partial charge in [0.25, 0.3) is 10.0 Å². The second-order valence-corrected chi connectivity index (χ2v) is 7.83. The van der Waals surface area contributed by atoms with E-state index in [1.165, 1.54) is 28.3 Å². The standard InChI is InChI=1S/C14H18N4O6S2/c1-8(19)16-13-17-18-14(25-13)26(20,21)15-7-9-5-10(22-2)12(24-4)11(6-9)23-3/h5-6,15H,7H2,1-4H3,(H,16,17,19). The highest BCUT2D eigenvalue weighted by Gasteiger charge is 2.21. The van der Waals surface area contributed by atoms with Gasteiger partial charge in [-0.3, -0.25) is 4.79 Å². The summed E-state index contributed by atoms with van der Waals surface area (Å²) in [4.78, 5) is 11.0. The molecule has 1 aromatic heterocycles. The van der Waals surface area contributed by atoms with Gasteiger partial charge in [0.2, 0.25) is 21.1 Å². The van der Waals surface area contributed by atoms with Crippen LogP contribution < -0.4 is 24.2 Å². The lowest BCUT2D eigenvalue weighted by Gasteiger charge is -2.14. The lowest BCUT2D eigenvalue weighted by molar-refractivity contribution is -0.114. The molecule has 0 atom stereocenters. The number of hydrogen-bond donors (Lipinski definition) is 2. The van der Waals surface area contributed by atoms with E-state index in [2.05, 4.69) is 20.2 Å². The average molecular weight is 402 g/mol. The molecule has 1 amide bonds. The van der Waals surface area contributed by atoms with Gasteiger partial charge in [-0.25, -0.2) is 13.1 Å². The molecule has 1 aromatic carbocycles. The van der Waals surface area contributed by atoms with Gasteiger partial charge in [-0.1, -0.05) is 11.3 Å². The van der Waals surface area contributed by atoms with Crippen LogP contribution in [-0.2, 0) is 21.4 Å². The Balaban J connectivity index is 2.19. The van der Waals surface area contributed by atoms with Gasteiger partial charge < -0.3 is 19.5 Å². The Kier molecular flexibility index (Phi) is 6.34. The third kappa shape index (κ3) is 4.59. The Morgan fingerprint density at radius 1 is 1.12 bits per heavy atom. The van der Waals surface area contributed by atoms with Gasteiger partial charge in [-0.15, -0.1) is 10.2 Å². The number of anilines is 1. The predicted octanol–water partition coefficient (Wildman–Crippen LogP) is 1.00. The zero-order chi connectivity index (χ0) is 19.3. The number of carbonyl (C=O) groups excluding carboxylic acids is 1. The minimum Gasteiger partial charge on any atom is -0.493 e. The smallest absolute Gasteiger partial charge is 0.270 e. The average Bonchev–Trinajstić information content (AvgIpc) is 3.07. The van der Waals surface area contributed by atoms with Crippen molar-refractivity contribution in [3.63, 3.8) is 0 Å². The number of sulfonamides is 1. The highest BCUT2D eigenvalue weighted by atomic mass is 32.2. The van der Waals surface area contributed by atoms with Crippen LogP contribution in [0.1, 0.15) is 12.5 Å². The van der Waals surface area contributed by atoms with E-state index in [0.29, 0.717) is 22.8 Å². The SMILES string of the molecule is COc1cc(CNS(=O)(=O)c2nnc(NC(C)=O)s2)cc(OC)c1OC. The van der Waals surface area contributed by atoms with Crippen molar-refractivity contribution in [2.45, 2.75) is 17.8 Å². The van der Waals surface area contributed by atoms with Gasteiger partial charge in [0, 0.05) is 13.5 Å². The number of hydrogen-bond acceptors (Lipinski definition) is 9. The van der Waals surface area contributed by atoms with Crippen LogP contribution >= 0.6 is 11.3 Å². The molecule has 0 spiro atoms. The molecule has 1 heterocycles. The van der Waals surface area contributed by atoms with Gasteiger partial charge in [0.15, 0.2) is 11.5 Å². The van der Waals surface area contributed by atoms with Crippen molar-refractivity contribution in [1.29, 1.82) is 0 Å². The monoisotopic (exact) mass is 402 g/mol. The van der Waals surface area contributed by atoms with Crippen LogP contribution in [-0.4, -0.2) is 45.9 Å². The second kappa shape index (κ2) is 8.29. The molecule has 0 aliphatic carbocycles. The van der Waals surface area contributed by atoms with E-state index in [0.717, 1.165) is 11.3 Å². The number of benzene rings is 1. The zero-order valence-electron chi connectivity index (χ0n) is 14.5. The van der Waals surface area contributed by atoms with Crippen molar-refractivity contribution in [1.82, 2.24) is 14.9 Å². The summed E-state index contributed by atoms with van der Waals surface area (Å²) < 4.78 is 42.5. The van der Waals surface area contributed by atoms with E-state index in [4.69, 9.17) is 14.2 Å². The van der Waals surface area contributed by atoms with E-state index in [9.17, 15) is 13.2 Å². The molecule has 0 aliphatic heterocycles. The topological polar surface area (TPSA) is 129 Å². The maximum absolute atomic E-state index is 12.3. The van der Waals surface area contributed by atoms with E-state index in [1.807, 2.05) is 0 Å². The van der Waals surface area contributed by atoms with Gasteiger partial charge in [0.1, 0.15) is 0 Å². The number of ether oxygens (including phenoxy) is 3. The van der Waals surface area contributed by atoms with Crippen molar-refractivity contribution in [3.05, 3.63) is 17.7 Å². The van der Waals surface area contributed by atoms with Crippen molar-refractivity contribution in [2.24, 2.45) is 0 Å². The molecular weight excluding hydrogens is 384 g/mol. The number of carbonyl (C=O) groups is 1. The van der Waals surface area contributed by atoms with Gasteiger partial charge >= 0.3 is 0 Å². The Labute approximate surface area is 154 Å². The quantitative estimate of drug-likeness (QED) is 0.626. The fourth-order valence-electron chi connectivity index (χ4n) is 2.00. The predicted molar refractivity (Wildman–Crippen MR) is 94.3 cm³/mol. The summed E-state index contributed by atoms with van der Waals surface area (Å²) in [6.07, 6.45) is 0. The molecule has 2 N–H and O–H groups in total. The molecule has 142 valence electrons. The summed E-state index contributed by atoms with van der Waals surface area (Å²) in [6.45, 7) is 1.26. The number of aromatic nitrogens is 2. The zero-order valence-corrected chi connectivity index (χ0v) is 16.2. The number of amides is 1. The summed E-state index contributed by atoms with van der Waals surface area (Å²) in [5.41, 5.74) is 0.592. The highest BCUT2D eigenvalue weighted by Crippen LogP contribution is 2.38. The van der Waals surface area contributed by atoms with Crippen LogP contribution in [0.2, 0.25) is 0 Å². The molecule has 0 aliphatic rings. The molecule has 0 saturated carbocycles. The number of nitrogens with zero attached hydrogens (tertiary/aromatic N) is 2. The Morgan fingerprint density at radius 3 is 2.23 bits per heavy atom. The molecule has 0 fully saturated rings. The number of nitrogens with one attached hydrogen (secondary N) is 2. The summed E-state index contributed by atoms with van der Waals surface area (Å²) in [7, 11) is 0.516. The summed E-state index contributed by atoms with van der Waals surface area (Å²) in [6, 6.07) is 3.26. The molecule has 2 rings (SSSR count). The molecule has 0 bridgehead atoms. The van der Waals surface area contributed by atoms with E-state index in [-0.39, 0.29) is 21.9 Å². The van der Waals surface area contributed by atoms with Crippen molar-refractivity contribution < 1.29 is 27.4 Å². The van der Waals surface area contributed by atoms with Crippen LogP contribution in [0.3, 0.4) is 0 Å². The first-order chi connectivity index (χ1) is 12.3. The first-order valence-corrected chi connectivity index (χ1v) is 9.50. The molecule has 0 unspecified atom stereocenters. The second-order valence-electron chi connectivity index (χ2n) is 4.91. The van der Waals surface area contributed by atoms with Crippen molar-refractivity contribution in [3.8, 4) is 17.2 Å². The fraction of sp³-hybridized carbons (Fsp3) is 0.357. The van der Waals surface area contributed by atoms with Crippen LogP contribution in [0.5, 0.6) is 17.2 Å². The first-order valence-electron chi connectivity index (χ1n) is 7.20. The molecule has 26 heavy (non-hydrogen) atoms. The molecule has 2 aromatic rings. The third-order valence-electron chi connectivity index (χ3n) is 3.11. The lowest BCUT2D eigenvalue weighted by atomic mass is 10.2. The number of rotatable bonds is 8. The van der Waals surface area contributed by atoms with Gasteiger partial charge in [-0.05, 0) is 17.7 Å². The molecule has 12 heteroatoms. The van der Waals surface area contributed by atoms with E-state index >= 15 is 0 Å². The minimum absolute atomic E-state index is 0.0336. The van der Waals surface area contributed by atoms with Crippen molar-refractivity contribution in [2.75, 3.05) is 26.6 Å². The normalized spacial score (nSPS) is 11.1. The van der Waals surface area contributed by atoms with Crippen LogP contribution in [0, 0.1) is 0 Å². The maximum Gasteiger partial charge on any atom is 0.270 e. The third-order valence-corrected chi connectivity index (χ3v) is 5.72. The Morgan fingerprint density at radius 2 is 1.73 bits per heavy atom. The van der Waals surface area contributed by atoms with E-state index < -0.39 is 10.0 Å². The highest BCUT2D eigenvalue weighted by molar-refractivity contribution is 7.91. The fourth-order valence-corrected chi connectivity index (χ4v) is 4.00. The van der Waals surface area contributed by atoms with Gasteiger partial charge in [0.05, 0.1) is 21.3 Å². The van der Waals surface area contributed by atoms with Crippen molar-refractivity contribution >= 4 is 32.4 Å².